The maximum atomic E-state index is 14.1. The molecule has 3 rings (SSSR count). The third-order valence-corrected chi connectivity index (χ3v) is 10.4. The Bertz CT molecular complexity index is 655. The molecule has 0 aromatic heterocycles. The van der Waals surface area contributed by atoms with Crippen molar-refractivity contribution >= 4 is 11.8 Å². The van der Waals surface area contributed by atoms with Gasteiger partial charge in [-0.15, -0.1) is 0 Å². The molecule has 0 aliphatic heterocycles. The van der Waals surface area contributed by atoms with Crippen LogP contribution in [0.4, 0.5) is 0 Å². The van der Waals surface area contributed by atoms with E-state index in [9.17, 15) is 14.7 Å². The van der Waals surface area contributed by atoms with Crippen molar-refractivity contribution in [3.05, 3.63) is 0 Å². The van der Waals surface area contributed by atoms with Gasteiger partial charge in [-0.05, 0) is 83.0 Å². The zero-order chi connectivity index (χ0) is 24.8. The van der Waals surface area contributed by atoms with Crippen molar-refractivity contribution in [3.63, 3.8) is 0 Å². The van der Waals surface area contributed by atoms with Crippen molar-refractivity contribution in [1.29, 1.82) is 0 Å². The predicted molar refractivity (Wildman–Crippen MR) is 138 cm³/mol. The van der Waals surface area contributed by atoms with Crippen LogP contribution in [-0.4, -0.2) is 28.6 Å². The molecule has 4 heteroatoms. The van der Waals surface area contributed by atoms with Crippen molar-refractivity contribution in [1.82, 2.24) is 0 Å². The number of carbonyl (C=O) groups is 2. The lowest BCUT2D eigenvalue weighted by Gasteiger charge is -2.51. The van der Waals surface area contributed by atoms with Crippen LogP contribution >= 0.6 is 0 Å². The SMILES string of the molecule is CCC(CC)(OC1CCCCC1CC1CCCCC1)C(C)(CC)C(=O)C1CCC(C(=O)O)CC1. The minimum Gasteiger partial charge on any atom is -0.481 e. The molecule has 3 fully saturated rings. The second-order valence-electron chi connectivity index (χ2n) is 12.1. The van der Waals surface area contributed by atoms with Crippen LogP contribution in [0.2, 0.25) is 0 Å². The molecule has 3 aliphatic carbocycles. The molecule has 3 aliphatic rings. The molecule has 0 amide bonds. The van der Waals surface area contributed by atoms with Crippen LogP contribution in [-0.2, 0) is 14.3 Å². The maximum absolute atomic E-state index is 14.1. The number of aliphatic carboxylic acids is 1. The predicted octanol–water partition coefficient (Wildman–Crippen LogP) is 7.97. The van der Waals surface area contributed by atoms with Crippen molar-refractivity contribution in [2.75, 3.05) is 0 Å². The molecule has 34 heavy (non-hydrogen) atoms. The Morgan fingerprint density at radius 3 is 1.88 bits per heavy atom. The number of ether oxygens (including phenoxy) is 1. The van der Waals surface area contributed by atoms with Gasteiger partial charge in [0.2, 0.25) is 0 Å². The Balaban J connectivity index is 1.77. The Morgan fingerprint density at radius 2 is 1.32 bits per heavy atom. The molecule has 3 saturated carbocycles. The van der Waals surface area contributed by atoms with Gasteiger partial charge >= 0.3 is 5.97 Å². The fourth-order valence-electron chi connectivity index (χ4n) is 7.84. The minimum absolute atomic E-state index is 0.0222. The Kier molecular flexibility index (Phi) is 10.1. The molecule has 4 nitrogen and oxygen atoms in total. The van der Waals surface area contributed by atoms with Gasteiger partial charge in [0, 0.05) is 5.92 Å². The van der Waals surface area contributed by atoms with E-state index in [0.717, 1.165) is 31.6 Å². The normalized spacial score (nSPS) is 31.1. The summed E-state index contributed by atoms with van der Waals surface area (Å²) in [5.74, 6) is 0.831. The summed E-state index contributed by atoms with van der Waals surface area (Å²) >= 11 is 0. The van der Waals surface area contributed by atoms with Crippen molar-refractivity contribution in [3.8, 4) is 0 Å². The van der Waals surface area contributed by atoms with E-state index in [4.69, 9.17) is 4.74 Å². The topological polar surface area (TPSA) is 63.6 Å². The average Bonchev–Trinajstić information content (AvgIpc) is 2.88. The van der Waals surface area contributed by atoms with Gasteiger partial charge in [0.25, 0.3) is 0 Å². The van der Waals surface area contributed by atoms with Crippen LogP contribution < -0.4 is 0 Å². The summed E-state index contributed by atoms with van der Waals surface area (Å²) in [6.07, 6.45) is 18.7. The number of carbonyl (C=O) groups excluding carboxylic acids is 1. The van der Waals surface area contributed by atoms with Crippen LogP contribution in [0.25, 0.3) is 0 Å². The van der Waals surface area contributed by atoms with E-state index in [-0.39, 0.29) is 17.9 Å². The number of hydrogen-bond acceptors (Lipinski definition) is 3. The monoisotopic (exact) mass is 476 g/mol. The standard InChI is InChI=1S/C30H52O4/c1-5-29(4,27(31)23-17-19-24(20-18-23)28(32)33)30(6-2,7-3)34-26-16-12-11-15-25(26)21-22-13-9-8-10-14-22/h22-26H,5-21H2,1-4H3,(H,32,33). The zero-order valence-corrected chi connectivity index (χ0v) is 22.6. The highest BCUT2D eigenvalue weighted by atomic mass is 16.5. The van der Waals surface area contributed by atoms with Crippen LogP contribution in [0.15, 0.2) is 0 Å². The molecule has 0 heterocycles. The Labute approximate surface area is 209 Å². The third kappa shape index (κ3) is 5.90. The second kappa shape index (κ2) is 12.4. The molecule has 0 radical (unpaired) electrons. The summed E-state index contributed by atoms with van der Waals surface area (Å²) in [5, 5.41) is 9.39. The smallest absolute Gasteiger partial charge is 0.306 e. The fourth-order valence-corrected chi connectivity index (χ4v) is 7.84. The number of ketones is 1. The first-order chi connectivity index (χ1) is 16.3. The van der Waals surface area contributed by atoms with Gasteiger partial charge in [-0.1, -0.05) is 65.7 Å². The van der Waals surface area contributed by atoms with Gasteiger partial charge in [0.1, 0.15) is 5.78 Å². The zero-order valence-electron chi connectivity index (χ0n) is 22.6. The Hall–Kier alpha value is -0.900. The summed E-state index contributed by atoms with van der Waals surface area (Å²) in [4.78, 5) is 25.5. The summed E-state index contributed by atoms with van der Waals surface area (Å²) in [6, 6.07) is 0. The molecule has 1 N–H and O–H groups in total. The average molecular weight is 477 g/mol. The van der Waals surface area contributed by atoms with Gasteiger partial charge < -0.3 is 9.84 Å². The fraction of sp³-hybridized carbons (Fsp3) is 0.933. The van der Waals surface area contributed by atoms with E-state index in [2.05, 4.69) is 27.7 Å². The van der Waals surface area contributed by atoms with E-state index in [1.165, 1.54) is 57.8 Å². The largest absolute Gasteiger partial charge is 0.481 e. The molecule has 0 aromatic carbocycles. The molecule has 0 spiro atoms. The summed E-state index contributed by atoms with van der Waals surface area (Å²) in [6.45, 7) is 8.76. The van der Waals surface area contributed by atoms with E-state index in [1.54, 1.807) is 0 Å². The van der Waals surface area contributed by atoms with Crippen LogP contribution in [0.3, 0.4) is 0 Å². The summed E-state index contributed by atoms with van der Waals surface area (Å²) < 4.78 is 7.24. The molecular formula is C30H52O4. The van der Waals surface area contributed by atoms with Gasteiger partial charge in [-0.2, -0.15) is 0 Å². The highest BCUT2D eigenvalue weighted by Crippen LogP contribution is 2.50. The van der Waals surface area contributed by atoms with Crippen molar-refractivity contribution < 1.29 is 19.4 Å². The van der Waals surface area contributed by atoms with E-state index < -0.39 is 17.0 Å². The highest BCUT2D eigenvalue weighted by Gasteiger charge is 2.54. The lowest BCUT2D eigenvalue weighted by atomic mass is 9.61. The molecule has 3 atom stereocenters. The molecule has 0 saturated heterocycles. The summed E-state index contributed by atoms with van der Waals surface area (Å²) in [7, 11) is 0. The van der Waals surface area contributed by atoms with E-state index >= 15 is 0 Å². The number of carboxylic acids is 1. The minimum atomic E-state index is -0.703. The first-order valence-electron chi connectivity index (χ1n) is 14.7. The second-order valence-corrected chi connectivity index (χ2v) is 12.1. The molecule has 0 bridgehead atoms. The first-order valence-corrected chi connectivity index (χ1v) is 14.7. The highest BCUT2D eigenvalue weighted by molar-refractivity contribution is 5.88. The van der Waals surface area contributed by atoms with E-state index in [1.807, 2.05) is 0 Å². The number of Topliss-reactive ketones (excluding diaryl/α,β-unsaturated/α-hetero) is 1. The number of carboxylic acid groups (broad SMARTS) is 1. The molecule has 0 aromatic rings. The lowest BCUT2D eigenvalue weighted by Crippen LogP contribution is -2.56. The maximum Gasteiger partial charge on any atom is 0.306 e. The number of hydrogen-bond donors (Lipinski definition) is 1. The van der Waals surface area contributed by atoms with Crippen molar-refractivity contribution in [2.45, 2.75) is 149 Å². The molecular weight excluding hydrogens is 424 g/mol. The quantitative estimate of drug-likeness (QED) is 0.328. The van der Waals surface area contributed by atoms with Crippen LogP contribution in [0.1, 0.15) is 137 Å². The van der Waals surface area contributed by atoms with Gasteiger partial charge in [0.05, 0.1) is 23.0 Å². The van der Waals surface area contributed by atoms with E-state index in [0.29, 0.717) is 37.4 Å². The molecule has 3 unspecified atom stereocenters. The first kappa shape index (κ1) is 27.7. The van der Waals surface area contributed by atoms with Gasteiger partial charge in [-0.3, -0.25) is 9.59 Å². The third-order valence-electron chi connectivity index (χ3n) is 10.4. The van der Waals surface area contributed by atoms with Gasteiger partial charge in [-0.25, -0.2) is 0 Å². The number of rotatable bonds is 11. The van der Waals surface area contributed by atoms with Gasteiger partial charge in [0.15, 0.2) is 0 Å². The Morgan fingerprint density at radius 1 is 0.765 bits per heavy atom. The summed E-state index contributed by atoms with van der Waals surface area (Å²) in [5.41, 5.74) is -0.959. The lowest BCUT2D eigenvalue weighted by molar-refractivity contribution is -0.198. The molecule has 196 valence electrons. The van der Waals surface area contributed by atoms with Crippen molar-refractivity contribution in [2.24, 2.45) is 29.1 Å². The van der Waals surface area contributed by atoms with Crippen LogP contribution in [0.5, 0.6) is 0 Å². The van der Waals surface area contributed by atoms with Crippen LogP contribution in [0, 0.1) is 29.1 Å².